The Kier molecular flexibility index (Phi) is 4.48. The second-order valence-electron chi connectivity index (χ2n) is 7.01. The summed E-state index contributed by atoms with van der Waals surface area (Å²) in [5, 5.41) is 3.14. The highest BCUT2D eigenvalue weighted by atomic mass is 16.3. The summed E-state index contributed by atoms with van der Waals surface area (Å²) in [6.45, 7) is 4.15. The van der Waals surface area contributed by atoms with Crippen LogP contribution in [-0.4, -0.2) is 21.9 Å². The number of rotatable bonds is 5. The molecule has 0 saturated carbocycles. The minimum atomic E-state index is -0.323. The molecule has 136 valence electrons. The van der Waals surface area contributed by atoms with Crippen LogP contribution in [0.2, 0.25) is 0 Å². The number of fused-ring (bicyclic) bond motifs is 1. The minimum absolute atomic E-state index is 0.00977. The summed E-state index contributed by atoms with van der Waals surface area (Å²) in [7, 11) is 0. The van der Waals surface area contributed by atoms with Gasteiger partial charge in [0.2, 0.25) is 5.91 Å². The van der Waals surface area contributed by atoms with E-state index in [-0.39, 0.29) is 30.0 Å². The third kappa shape index (κ3) is 3.23. The normalized spacial score (nSPS) is 21.3. The largest absolute Gasteiger partial charge is 0.468 e. The molecule has 3 atom stereocenters. The van der Waals surface area contributed by atoms with Crippen LogP contribution in [0.25, 0.3) is 11.0 Å². The number of para-hydroxylation sites is 2. The molecular formula is C19H23N5O2. The fourth-order valence-electron chi connectivity index (χ4n) is 3.33. The van der Waals surface area contributed by atoms with Crippen molar-refractivity contribution in [2.24, 2.45) is 5.92 Å². The molecule has 2 aromatic heterocycles. The number of carbonyl (C=O) groups excluding carboxylic acids is 1. The SMILES string of the molecule is CC(C)C(NC(=O)C1CC(c2ccco2)NN1)c1nc2ccccc2[nH]1. The lowest BCUT2D eigenvalue weighted by Crippen LogP contribution is -2.45. The first-order chi connectivity index (χ1) is 12.6. The van der Waals surface area contributed by atoms with Crippen molar-refractivity contribution < 1.29 is 9.21 Å². The number of aromatic nitrogens is 2. The number of hydrogen-bond acceptors (Lipinski definition) is 5. The number of benzene rings is 1. The fourth-order valence-corrected chi connectivity index (χ4v) is 3.33. The van der Waals surface area contributed by atoms with Crippen LogP contribution in [0.5, 0.6) is 0 Å². The Bertz CT molecular complexity index is 853. The van der Waals surface area contributed by atoms with E-state index in [0.717, 1.165) is 22.6 Å². The number of amides is 1. The summed E-state index contributed by atoms with van der Waals surface area (Å²) >= 11 is 0. The van der Waals surface area contributed by atoms with E-state index in [4.69, 9.17) is 4.42 Å². The molecule has 26 heavy (non-hydrogen) atoms. The van der Waals surface area contributed by atoms with Gasteiger partial charge in [-0.05, 0) is 36.6 Å². The predicted octanol–water partition coefficient (Wildman–Crippen LogP) is 2.58. The second kappa shape index (κ2) is 6.93. The average molecular weight is 353 g/mol. The van der Waals surface area contributed by atoms with Crippen LogP contribution in [0.1, 0.15) is 43.9 Å². The molecule has 1 amide bonds. The molecule has 1 fully saturated rings. The number of nitrogens with zero attached hydrogens (tertiary/aromatic N) is 1. The highest BCUT2D eigenvalue weighted by Gasteiger charge is 2.33. The maximum atomic E-state index is 12.8. The van der Waals surface area contributed by atoms with Gasteiger partial charge in [0.25, 0.3) is 0 Å². The number of carbonyl (C=O) groups is 1. The molecule has 7 heteroatoms. The van der Waals surface area contributed by atoms with Crippen molar-refractivity contribution in [2.45, 2.75) is 38.4 Å². The topological polar surface area (TPSA) is 95.0 Å². The second-order valence-corrected chi connectivity index (χ2v) is 7.01. The Morgan fingerprint density at radius 1 is 1.23 bits per heavy atom. The first-order valence-corrected chi connectivity index (χ1v) is 8.91. The monoisotopic (exact) mass is 353 g/mol. The number of imidazole rings is 1. The van der Waals surface area contributed by atoms with Crippen LogP contribution in [0.15, 0.2) is 47.1 Å². The number of H-pyrrole nitrogens is 1. The zero-order valence-electron chi connectivity index (χ0n) is 14.8. The summed E-state index contributed by atoms with van der Waals surface area (Å²) in [6, 6.07) is 11.1. The van der Waals surface area contributed by atoms with Gasteiger partial charge in [0.1, 0.15) is 17.6 Å². The maximum absolute atomic E-state index is 12.8. The van der Waals surface area contributed by atoms with Gasteiger partial charge in [-0.2, -0.15) is 0 Å². The van der Waals surface area contributed by atoms with E-state index in [2.05, 4.69) is 40.0 Å². The molecule has 0 spiro atoms. The fraction of sp³-hybridized carbons (Fsp3) is 0.368. The number of furan rings is 1. The van der Waals surface area contributed by atoms with Gasteiger partial charge in [-0.25, -0.2) is 15.8 Å². The first-order valence-electron chi connectivity index (χ1n) is 8.91. The van der Waals surface area contributed by atoms with E-state index in [0.29, 0.717) is 6.42 Å². The summed E-state index contributed by atoms with van der Waals surface area (Å²) in [6.07, 6.45) is 2.27. The lowest BCUT2D eigenvalue weighted by Gasteiger charge is -2.22. The summed E-state index contributed by atoms with van der Waals surface area (Å²) in [4.78, 5) is 20.8. The Labute approximate surface area is 151 Å². The molecule has 4 rings (SSSR count). The van der Waals surface area contributed by atoms with Gasteiger partial charge in [0, 0.05) is 0 Å². The van der Waals surface area contributed by atoms with Crippen molar-refractivity contribution in [3.05, 3.63) is 54.2 Å². The smallest absolute Gasteiger partial charge is 0.239 e. The summed E-state index contributed by atoms with van der Waals surface area (Å²) in [5.74, 6) is 1.76. The predicted molar refractivity (Wildman–Crippen MR) is 97.9 cm³/mol. The molecule has 7 nitrogen and oxygen atoms in total. The van der Waals surface area contributed by atoms with E-state index in [1.807, 2.05) is 36.4 Å². The lowest BCUT2D eigenvalue weighted by atomic mass is 10.0. The van der Waals surface area contributed by atoms with Crippen LogP contribution in [0.3, 0.4) is 0 Å². The van der Waals surface area contributed by atoms with E-state index >= 15 is 0 Å². The molecule has 3 aromatic rings. The maximum Gasteiger partial charge on any atom is 0.239 e. The molecule has 3 unspecified atom stereocenters. The van der Waals surface area contributed by atoms with Crippen LogP contribution in [-0.2, 0) is 4.79 Å². The number of hydrazine groups is 1. The summed E-state index contributed by atoms with van der Waals surface area (Å²) < 4.78 is 5.42. The Balaban J connectivity index is 1.47. The molecule has 0 radical (unpaired) electrons. The van der Waals surface area contributed by atoms with E-state index in [1.165, 1.54) is 0 Å². The minimum Gasteiger partial charge on any atom is -0.468 e. The van der Waals surface area contributed by atoms with Gasteiger partial charge < -0.3 is 14.7 Å². The highest BCUT2D eigenvalue weighted by molar-refractivity contribution is 5.82. The van der Waals surface area contributed by atoms with E-state index in [1.54, 1.807) is 6.26 Å². The molecule has 1 saturated heterocycles. The molecule has 1 aliphatic heterocycles. The van der Waals surface area contributed by atoms with Crippen molar-refractivity contribution in [3.63, 3.8) is 0 Å². The van der Waals surface area contributed by atoms with Crippen LogP contribution < -0.4 is 16.2 Å². The Hall–Kier alpha value is -2.64. The molecular weight excluding hydrogens is 330 g/mol. The lowest BCUT2D eigenvalue weighted by molar-refractivity contribution is -0.124. The first kappa shape index (κ1) is 16.8. The van der Waals surface area contributed by atoms with Gasteiger partial charge in [0.15, 0.2) is 0 Å². The standard InChI is InChI=1S/C19H23N5O2/c1-11(2)17(18-20-12-6-3-4-7-13(12)21-18)22-19(25)15-10-14(23-24-15)16-8-5-9-26-16/h3-9,11,14-15,17,23-24H,10H2,1-2H3,(H,20,21)(H,22,25). The molecule has 4 N–H and O–H groups in total. The van der Waals surface area contributed by atoms with Crippen molar-refractivity contribution in [3.8, 4) is 0 Å². The Morgan fingerprint density at radius 2 is 2.08 bits per heavy atom. The summed E-state index contributed by atoms with van der Waals surface area (Å²) in [5.41, 5.74) is 8.07. The third-order valence-electron chi connectivity index (χ3n) is 4.77. The van der Waals surface area contributed by atoms with E-state index in [9.17, 15) is 4.79 Å². The Morgan fingerprint density at radius 3 is 2.81 bits per heavy atom. The zero-order chi connectivity index (χ0) is 18.1. The van der Waals surface area contributed by atoms with Crippen molar-refractivity contribution in [2.75, 3.05) is 0 Å². The van der Waals surface area contributed by atoms with Gasteiger partial charge in [0.05, 0.1) is 29.4 Å². The van der Waals surface area contributed by atoms with Gasteiger partial charge in [-0.1, -0.05) is 26.0 Å². The molecule has 1 aliphatic rings. The van der Waals surface area contributed by atoms with Gasteiger partial charge in [-0.15, -0.1) is 0 Å². The molecule has 1 aromatic carbocycles. The van der Waals surface area contributed by atoms with Crippen LogP contribution >= 0.6 is 0 Å². The third-order valence-corrected chi connectivity index (χ3v) is 4.77. The zero-order valence-corrected chi connectivity index (χ0v) is 14.8. The number of nitrogens with one attached hydrogen (secondary N) is 4. The van der Waals surface area contributed by atoms with Crippen LogP contribution in [0, 0.1) is 5.92 Å². The van der Waals surface area contributed by atoms with Crippen LogP contribution in [0.4, 0.5) is 0 Å². The highest BCUT2D eigenvalue weighted by Crippen LogP contribution is 2.25. The molecule has 0 bridgehead atoms. The quantitative estimate of drug-likeness (QED) is 0.565. The van der Waals surface area contributed by atoms with E-state index < -0.39 is 0 Å². The number of aromatic amines is 1. The van der Waals surface area contributed by atoms with Gasteiger partial charge >= 0.3 is 0 Å². The average Bonchev–Trinajstić information content (AvgIpc) is 3.38. The molecule has 3 heterocycles. The van der Waals surface area contributed by atoms with Crippen molar-refractivity contribution in [1.29, 1.82) is 0 Å². The molecule has 0 aliphatic carbocycles. The van der Waals surface area contributed by atoms with Gasteiger partial charge in [-0.3, -0.25) is 4.79 Å². The van der Waals surface area contributed by atoms with Crippen molar-refractivity contribution >= 4 is 16.9 Å². The number of hydrogen-bond donors (Lipinski definition) is 4. The van der Waals surface area contributed by atoms with Crippen molar-refractivity contribution in [1.82, 2.24) is 26.1 Å².